The topological polar surface area (TPSA) is 40.1 Å². The first kappa shape index (κ1) is 9.78. The third-order valence-corrected chi connectivity index (χ3v) is 2.17. The highest BCUT2D eigenvalue weighted by molar-refractivity contribution is 5.73. The fourth-order valence-electron chi connectivity index (χ4n) is 1.34. The molecule has 0 aliphatic heterocycles. The van der Waals surface area contributed by atoms with Crippen LogP contribution in [0.25, 0.3) is 0 Å². The van der Waals surface area contributed by atoms with Gasteiger partial charge in [-0.3, -0.25) is 0 Å². The zero-order chi connectivity index (χ0) is 9.84. The third kappa shape index (κ3) is 2.31. The quantitative estimate of drug-likeness (QED) is 0.696. The standard InChI is InChI=1S/C11H14O2/c1-3-10(11(12)13)9-6-4-8(2)5-7-9/h4-7,10H,3H2,1-2H3,(H,12,13)/p-1. The van der Waals surface area contributed by atoms with Crippen LogP contribution in [0.1, 0.15) is 30.4 Å². The van der Waals surface area contributed by atoms with Crippen molar-refractivity contribution in [3.8, 4) is 0 Å². The number of carbonyl (C=O) groups is 1. The zero-order valence-electron chi connectivity index (χ0n) is 7.91. The highest BCUT2D eigenvalue weighted by Crippen LogP contribution is 2.18. The van der Waals surface area contributed by atoms with Crippen LogP contribution in [0, 0.1) is 6.92 Å². The van der Waals surface area contributed by atoms with Crippen molar-refractivity contribution in [1.82, 2.24) is 0 Å². The fraction of sp³-hybridized carbons (Fsp3) is 0.364. The molecule has 0 aliphatic carbocycles. The van der Waals surface area contributed by atoms with Gasteiger partial charge < -0.3 is 9.90 Å². The monoisotopic (exact) mass is 177 g/mol. The van der Waals surface area contributed by atoms with E-state index in [1.807, 2.05) is 38.1 Å². The van der Waals surface area contributed by atoms with Crippen molar-refractivity contribution in [1.29, 1.82) is 0 Å². The van der Waals surface area contributed by atoms with Crippen LogP contribution in [-0.4, -0.2) is 5.97 Å². The summed E-state index contributed by atoms with van der Waals surface area (Å²) in [5.41, 5.74) is 1.96. The Bertz CT molecular complexity index is 287. The van der Waals surface area contributed by atoms with Crippen LogP contribution in [0.3, 0.4) is 0 Å². The Morgan fingerprint density at radius 3 is 2.31 bits per heavy atom. The van der Waals surface area contributed by atoms with Gasteiger partial charge in [0.2, 0.25) is 0 Å². The first-order valence-corrected chi connectivity index (χ1v) is 4.42. The van der Waals surface area contributed by atoms with Crippen LogP contribution in [-0.2, 0) is 4.79 Å². The minimum Gasteiger partial charge on any atom is -0.549 e. The molecule has 1 aromatic carbocycles. The van der Waals surface area contributed by atoms with E-state index in [0.29, 0.717) is 6.42 Å². The molecule has 2 nitrogen and oxygen atoms in total. The minimum atomic E-state index is -0.994. The van der Waals surface area contributed by atoms with Gasteiger partial charge in [0.15, 0.2) is 0 Å². The molecule has 0 bridgehead atoms. The molecule has 1 aromatic rings. The van der Waals surface area contributed by atoms with Crippen molar-refractivity contribution in [2.24, 2.45) is 0 Å². The van der Waals surface area contributed by atoms with Crippen LogP contribution in [0.15, 0.2) is 24.3 Å². The number of carboxylic acids is 1. The van der Waals surface area contributed by atoms with Crippen molar-refractivity contribution < 1.29 is 9.90 Å². The maximum atomic E-state index is 10.7. The van der Waals surface area contributed by atoms with Gasteiger partial charge in [-0.1, -0.05) is 36.8 Å². The Balaban J connectivity index is 2.92. The second-order valence-electron chi connectivity index (χ2n) is 3.19. The van der Waals surface area contributed by atoms with Crippen LogP contribution < -0.4 is 5.11 Å². The van der Waals surface area contributed by atoms with E-state index in [9.17, 15) is 9.90 Å². The maximum absolute atomic E-state index is 10.7. The van der Waals surface area contributed by atoms with Gasteiger partial charge in [0.25, 0.3) is 0 Å². The summed E-state index contributed by atoms with van der Waals surface area (Å²) in [4.78, 5) is 10.7. The van der Waals surface area contributed by atoms with Crippen molar-refractivity contribution in [2.45, 2.75) is 26.2 Å². The summed E-state index contributed by atoms with van der Waals surface area (Å²) in [6.07, 6.45) is 0.575. The molecule has 0 fully saturated rings. The van der Waals surface area contributed by atoms with E-state index in [1.54, 1.807) is 0 Å². The summed E-state index contributed by atoms with van der Waals surface area (Å²) in [7, 11) is 0. The number of aryl methyl sites for hydroxylation is 1. The SMILES string of the molecule is CCC(C(=O)[O-])c1ccc(C)cc1. The van der Waals surface area contributed by atoms with Crippen LogP contribution >= 0.6 is 0 Å². The third-order valence-electron chi connectivity index (χ3n) is 2.17. The van der Waals surface area contributed by atoms with E-state index >= 15 is 0 Å². The van der Waals surface area contributed by atoms with Crippen molar-refractivity contribution in [3.05, 3.63) is 35.4 Å². The highest BCUT2D eigenvalue weighted by Gasteiger charge is 2.09. The van der Waals surface area contributed by atoms with E-state index in [1.165, 1.54) is 0 Å². The first-order chi connectivity index (χ1) is 6.15. The molecular weight excluding hydrogens is 164 g/mol. The van der Waals surface area contributed by atoms with E-state index in [-0.39, 0.29) is 0 Å². The smallest absolute Gasteiger partial charge is 0.0489 e. The number of aliphatic carboxylic acids is 1. The predicted molar refractivity (Wildman–Crippen MR) is 49.2 cm³/mol. The van der Waals surface area contributed by atoms with E-state index in [0.717, 1.165) is 11.1 Å². The van der Waals surface area contributed by atoms with Crippen LogP contribution in [0.4, 0.5) is 0 Å². The second-order valence-corrected chi connectivity index (χ2v) is 3.19. The lowest BCUT2D eigenvalue weighted by Gasteiger charge is -2.16. The lowest BCUT2D eigenvalue weighted by molar-refractivity contribution is -0.308. The summed E-state index contributed by atoms with van der Waals surface area (Å²) < 4.78 is 0. The second kappa shape index (κ2) is 4.08. The molecule has 0 N–H and O–H groups in total. The van der Waals surface area contributed by atoms with E-state index in [2.05, 4.69) is 0 Å². The van der Waals surface area contributed by atoms with Gasteiger partial charge in [0, 0.05) is 11.9 Å². The fourth-order valence-corrected chi connectivity index (χ4v) is 1.34. The molecule has 0 radical (unpaired) electrons. The summed E-state index contributed by atoms with van der Waals surface area (Å²) in [6, 6.07) is 7.53. The Morgan fingerprint density at radius 2 is 1.92 bits per heavy atom. The highest BCUT2D eigenvalue weighted by atomic mass is 16.4. The van der Waals surface area contributed by atoms with Gasteiger partial charge in [0.05, 0.1) is 0 Å². The minimum absolute atomic E-state index is 0.472. The normalized spacial score (nSPS) is 12.5. The lowest BCUT2D eigenvalue weighted by Crippen LogP contribution is -2.29. The van der Waals surface area contributed by atoms with Crippen molar-refractivity contribution in [3.63, 3.8) is 0 Å². The largest absolute Gasteiger partial charge is 0.549 e. The van der Waals surface area contributed by atoms with E-state index in [4.69, 9.17) is 0 Å². The molecule has 0 heterocycles. The van der Waals surface area contributed by atoms with Gasteiger partial charge in [0.1, 0.15) is 0 Å². The molecule has 1 atom stereocenters. The summed E-state index contributed by atoms with van der Waals surface area (Å²) in [5, 5.41) is 10.7. The van der Waals surface area contributed by atoms with Gasteiger partial charge in [-0.05, 0) is 18.9 Å². The van der Waals surface area contributed by atoms with Gasteiger partial charge in [-0.15, -0.1) is 0 Å². The number of rotatable bonds is 3. The Hall–Kier alpha value is -1.31. The molecule has 0 saturated carbocycles. The summed E-state index contributed by atoms with van der Waals surface area (Å²) >= 11 is 0. The number of hydrogen-bond acceptors (Lipinski definition) is 2. The predicted octanol–water partition coefficient (Wildman–Crippen LogP) is 1.24. The zero-order valence-corrected chi connectivity index (χ0v) is 7.91. The molecule has 0 amide bonds. The Kier molecular flexibility index (Phi) is 3.07. The molecule has 70 valence electrons. The molecule has 1 unspecified atom stereocenters. The summed E-state index contributed by atoms with van der Waals surface area (Å²) in [5.74, 6) is -1.47. The molecule has 0 saturated heterocycles. The maximum Gasteiger partial charge on any atom is 0.0489 e. The average Bonchev–Trinajstić information content (AvgIpc) is 2.09. The molecule has 2 heteroatoms. The van der Waals surface area contributed by atoms with E-state index < -0.39 is 11.9 Å². The Labute approximate surface area is 78.2 Å². The van der Waals surface area contributed by atoms with Crippen molar-refractivity contribution >= 4 is 5.97 Å². The first-order valence-electron chi connectivity index (χ1n) is 4.42. The molecular formula is C11H13O2-. The molecule has 0 spiro atoms. The van der Waals surface area contributed by atoms with Gasteiger partial charge in [-0.2, -0.15) is 0 Å². The number of benzene rings is 1. The lowest BCUT2D eigenvalue weighted by atomic mass is 9.96. The Morgan fingerprint density at radius 1 is 1.38 bits per heavy atom. The molecule has 0 aromatic heterocycles. The summed E-state index contributed by atoms with van der Waals surface area (Å²) in [6.45, 7) is 3.82. The van der Waals surface area contributed by atoms with Crippen molar-refractivity contribution in [2.75, 3.05) is 0 Å². The van der Waals surface area contributed by atoms with Crippen LogP contribution in [0.5, 0.6) is 0 Å². The molecule has 13 heavy (non-hydrogen) atoms. The van der Waals surface area contributed by atoms with Gasteiger partial charge in [-0.25, -0.2) is 0 Å². The molecule has 0 aliphatic rings. The van der Waals surface area contributed by atoms with Crippen LogP contribution in [0.2, 0.25) is 0 Å². The average molecular weight is 177 g/mol. The number of carbonyl (C=O) groups excluding carboxylic acids is 1. The van der Waals surface area contributed by atoms with Gasteiger partial charge >= 0.3 is 0 Å². The molecule has 1 rings (SSSR count). The number of hydrogen-bond donors (Lipinski definition) is 0. The number of carboxylic acid groups (broad SMARTS) is 1.